The molecule has 0 saturated heterocycles. The van der Waals surface area contributed by atoms with Crippen LogP contribution in [-0.2, 0) is 11.2 Å². The molecule has 0 aliphatic heterocycles. The highest BCUT2D eigenvalue weighted by Gasteiger charge is 2.29. The van der Waals surface area contributed by atoms with Gasteiger partial charge in [0.2, 0.25) is 5.91 Å². The van der Waals surface area contributed by atoms with Gasteiger partial charge in [-0.15, -0.1) is 0 Å². The van der Waals surface area contributed by atoms with E-state index in [-0.39, 0.29) is 11.7 Å². The van der Waals surface area contributed by atoms with Crippen molar-refractivity contribution in [3.05, 3.63) is 29.8 Å². The number of phenols is 1. The van der Waals surface area contributed by atoms with Gasteiger partial charge >= 0.3 is 0 Å². The number of aromatic hydroxyl groups is 1. The van der Waals surface area contributed by atoms with E-state index in [1.807, 2.05) is 11.9 Å². The number of nitrogens with zero attached hydrogens (tertiary/aromatic N) is 1. The fraction of sp³-hybridized carbons (Fsp3) is 0.417. The summed E-state index contributed by atoms with van der Waals surface area (Å²) in [5, 5.41) is 9.10. The lowest BCUT2D eigenvalue weighted by atomic mass is 10.1. The van der Waals surface area contributed by atoms with Gasteiger partial charge in [-0.3, -0.25) is 4.79 Å². The molecule has 0 spiro atoms. The second kappa shape index (κ2) is 3.93. The number of hydrogen-bond acceptors (Lipinski definition) is 2. The smallest absolute Gasteiger partial charge is 0.226 e. The van der Waals surface area contributed by atoms with Gasteiger partial charge in [-0.1, -0.05) is 12.1 Å². The average molecular weight is 205 g/mol. The highest BCUT2D eigenvalue weighted by molar-refractivity contribution is 5.79. The Morgan fingerprint density at radius 2 is 2.00 bits per heavy atom. The molecule has 15 heavy (non-hydrogen) atoms. The van der Waals surface area contributed by atoms with Crippen molar-refractivity contribution in [3.63, 3.8) is 0 Å². The summed E-state index contributed by atoms with van der Waals surface area (Å²) in [5.41, 5.74) is 0.949. The van der Waals surface area contributed by atoms with Crippen molar-refractivity contribution < 1.29 is 9.90 Å². The van der Waals surface area contributed by atoms with Gasteiger partial charge in [0, 0.05) is 13.1 Å². The summed E-state index contributed by atoms with van der Waals surface area (Å²) in [6.45, 7) is 0. The predicted octanol–water partition coefficient (Wildman–Crippen LogP) is 1.56. The zero-order valence-electron chi connectivity index (χ0n) is 8.81. The van der Waals surface area contributed by atoms with E-state index in [1.165, 1.54) is 0 Å². The molecule has 0 atom stereocenters. The van der Waals surface area contributed by atoms with Gasteiger partial charge in [0.25, 0.3) is 0 Å². The monoisotopic (exact) mass is 205 g/mol. The van der Waals surface area contributed by atoms with E-state index in [4.69, 9.17) is 5.11 Å². The third-order valence-corrected chi connectivity index (χ3v) is 2.78. The Labute approximate surface area is 89.3 Å². The third kappa shape index (κ3) is 2.49. The van der Waals surface area contributed by atoms with E-state index < -0.39 is 0 Å². The van der Waals surface area contributed by atoms with Crippen LogP contribution in [0.15, 0.2) is 24.3 Å². The van der Waals surface area contributed by atoms with Gasteiger partial charge in [-0.2, -0.15) is 0 Å². The molecule has 1 fully saturated rings. The average Bonchev–Trinajstić information content (AvgIpc) is 3.04. The van der Waals surface area contributed by atoms with Gasteiger partial charge in [0.15, 0.2) is 0 Å². The molecule has 0 radical (unpaired) electrons. The molecule has 1 aliphatic carbocycles. The Morgan fingerprint density at radius 3 is 2.53 bits per heavy atom. The standard InChI is InChI=1S/C12H15NO2/c1-13(10-4-5-10)12(15)8-9-2-6-11(14)7-3-9/h2-3,6-7,10,14H,4-5,8H2,1H3. The number of benzene rings is 1. The minimum absolute atomic E-state index is 0.156. The van der Waals surface area contributed by atoms with E-state index >= 15 is 0 Å². The summed E-state index contributed by atoms with van der Waals surface area (Å²) < 4.78 is 0. The van der Waals surface area contributed by atoms with Crippen molar-refractivity contribution in [2.75, 3.05) is 7.05 Å². The van der Waals surface area contributed by atoms with Crippen LogP contribution in [0, 0.1) is 0 Å². The summed E-state index contributed by atoms with van der Waals surface area (Å²) in [6.07, 6.45) is 2.70. The van der Waals surface area contributed by atoms with E-state index in [9.17, 15) is 4.79 Å². The maximum absolute atomic E-state index is 11.7. The summed E-state index contributed by atoms with van der Waals surface area (Å²) in [4.78, 5) is 13.6. The minimum atomic E-state index is 0.156. The van der Waals surface area contributed by atoms with Crippen LogP contribution in [0.3, 0.4) is 0 Å². The minimum Gasteiger partial charge on any atom is -0.508 e. The molecule has 1 saturated carbocycles. The molecule has 0 bridgehead atoms. The Kier molecular flexibility index (Phi) is 2.62. The molecule has 1 aromatic carbocycles. The number of amides is 1. The molecule has 80 valence electrons. The molecule has 1 amide bonds. The SMILES string of the molecule is CN(C(=O)Cc1ccc(O)cc1)C1CC1. The molecule has 3 heteroatoms. The van der Waals surface area contributed by atoms with Crippen LogP contribution >= 0.6 is 0 Å². The van der Waals surface area contributed by atoms with Crippen LogP contribution in [0.25, 0.3) is 0 Å². The normalized spacial score (nSPS) is 15.0. The molecular formula is C12H15NO2. The first-order valence-corrected chi connectivity index (χ1v) is 5.20. The molecule has 0 aromatic heterocycles. The van der Waals surface area contributed by atoms with Crippen molar-refractivity contribution in [3.8, 4) is 5.75 Å². The van der Waals surface area contributed by atoms with Crippen molar-refractivity contribution >= 4 is 5.91 Å². The highest BCUT2D eigenvalue weighted by atomic mass is 16.3. The quantitative estimate of drug-likeness (QED) is 0.813. The second-order valence-corrected chi connectivity index (χ2v) is 4.08. The van der Waals surface area contributed by atoms with Crippen molar-refractivity contribution in [2.45, 2.75) is 25.3 Å². The van der Waals surface area contributed by atoms with E-state index in [0.717, 1.165) is 18.4 Å². The van der Waals surface area contributed by atoms with Crippen LogP contribution in [0.1, 0.15) is 18.4 Å². The van der Waals surface area contributed by atoms with Gasteiger partial charge in [-0.05, 0) is 30.5 Å². The Hall–Kier alpha value is -1.51. The maximum atomic E-state index is 11.7. The Bertz CT molecular complexity index is 354. The van der Waals surface area contributed by atoms with E-state index in [0.29, 0.717) is 12.5 Å². The summed E-state index contributed by atoms with van der Waals surface area (Å²) in [7, 11) is 1.86. The summed E-state index contributed by atoms with van der Waals surface area (Å²) >= 11 is 0. The number of likely N-dealkylation sites (N-methyl/N-ethyl adjacent to an activating group) is 1. The first-order valence-electron chi connectivity index (χ1n) is 5.20. The van der Waals surface area contributed by atoms with Crippen LogP contribution in [0.4, 0.5) is 0 Å². The molecule has 2 rings (SSSR count). The zero-order chi connectivity index (χ0) is 10.8. The molecule has 0 heterocycles. The van der Waals surface area contributed by atoms with Gasteiger partial charge in [-0.25, -0.2) is 0 Å². The Morgan fingerprint density at radius 1 is 1.40 bits per heavy atom. The fourth-order valence-corrected chi connectivity index (χ4v) is 1.58. The fourth-order valence-electron chi connectivity index (χ4n) is 1.58. The van der Waals surface area contributed by atoms with Gasteiger partial charge in [0.1, 0.15) is 5.75 Å². The number of carbonyl (C=O) groups is 1. The number of carbonyl (C=O) groups excluding carboxylic acids is 1. The van der Waals surface area contributed by atoms with Crippen molar-refractivity contribution in [1.82, 2.24) is 4.90 Å². The van der Waals surface area contributed by atoms with Crippen LogP contribution < -0.4 is 0 Å². The summed E-state index contributed by atoms with van der Waals surface area (Å²) in [5.74, 6) is 0.393. The topological polar surface area (TPSA) is 40.5 Å². The number of rotatable bonds is 3. The largest absolute Gasteiger partial charge is 0.508 e. The highest BCUT2D eigenvalue weighted by Crippen LogP contribution is 2.25. The molecule has 0 unspecified atom stereocenters. The third-order valence-electron chi connectivity index (χ3n) is 2.78. The predicted molar refractivity (Wildman–Crippen MR) is 57.6 cm³/mol. The van der Waals surface area contributed by atoms with Crippen LogP contribution in [0.5, 0.6) is 5.75 Å². The van der Waals surface area contributed by atoms with Crippen LogP contribution in [0.2, 0.25) is 0 Å². The number of hydrogen-bond donors (Lipinski definition) is 1. The lowest BCUT2D eigenvalue weighted by Crippen LogP contribution is -2.30. The first kappa shape index (κ1) is 10.0. The van der Waals surface area contributed by atoms with E-state index in [2.05, 4.69) is 0 Å². The molecule has 1 aliphatic rings. The lowest BCUT2D eigenvalue weighted by Gasteiger charge is -2.15. The molecule has 1 N–H and O–H groups in total. The van der Waals surface area contributed by atoms with Crippen LogP contribution in [-0.4, -0.2) is 29.0 Å². The summed E-state index contributed by atoms with van der Waals surface area (Å²) in [6, 6.07) is 7.26. The molecular weight excluding hydrogens is 190 g/mol. The Balaban J connectivity index is 1.95. The van der Waals surface area contributed by atoms with Gasteiger partial charge in [0.05, 0.1) is 6.42 Å². The zero-order valence-corrected chi connectivity index (χ0v) is 8.81. The van der Waals surface area contributed by atoms with Gasteiger partial charge < -0.3 is 10.0 Å². The van der Waals surface area contributed by atoms with Crippen molar-refractivity contribution in [1.29, 1.82) is 0 Å². The first-order chi connectivity index (χ1) is 7.16. The molecule has 3 nitrogen and oxygen atoms in total. The van der Waals surface area contributed by atoms with E-state index in [1.54, 1.807) is 24.3 Å². The number of phenolic OH excluding ortho intramolecular Hbond substituents is 1. The maximum Gasteiger partial charge on any atom is 0.226 e. The van der Waals surface area contributed by atoms with Crippen molar-refractivity contribution in [2.24, 2.45) is 0 Å². The lowest BCUT2D eigenvalue weighted by molar-refractivity contribution is -0.129. The molecule has 1 aromatic rings. The second-order valence-electron chi connectivity index (χ2n) is 4.08.